The summed E-state index contributed by atoms with van der Waals surface area (Å²) >= 11 is 0. The van der Waals surface area contributed by atoms with E-state index >= 15 is 0 Å². The van der Waals surface area contributed by atoms with Crippen LogP contribution in [0.2, 0.25) is 0 Å². The highest BCUT2D eigenvalue weighted by Crippen LogP contribution is 2.27. The average Bonchev–Trinajstić information content (AvgIpc) is 3.27. The molecule has 0 saturated heterocycles. The molecule has 1 fully saturated rings. The minimum Gasteiger partial charge on any atom is -0.350 e. The maximum atomic E-state index is 12.0. The first-order valence-corrected chi connectivity index (χ1v) is 12.0. The molecule has 0 aromatic carbocycles. The number of aromatic nitrogens is 2. The van der Waals surface area contributed by atoms with Gasteiger partial charge in [-0.2, -0.15) is 0 Å². The average molecular weight is 410 g/mol. The summed E-state index contributed by atoms with van der Waals surface area (Å²) in [5.41, 5.74) is 2.47. The van der Waals surface area contributed by atoms with Crippen molar-refractivity contribution < 1.29 is 13.9 Å². The van der Waals surface area contributed by atoms with Crippen molar-refractivity contribution >= 4 is 5.91 Å². The summed E-state index contributed by atoms with van der Waals surface area (Å²) in [6, 6.07) is 8.72. The van der Waals surface area contributed by atoms with Crippen LogP contribution in [0.15, 0.2) is 49.1 Å². The molecule has 0 atom stereocenters. The highest BCUT2D eigenvalue weighted by molar-refractivity contribution is 5.76. The zero-order chi connectivity index (χ0) is 21.0. The van der Waals surface area contributed by atoms with Crippen molar-refractivity contribution in [3.63, 3.8) is 0 Å². The minimum atomic E-state index is 0.210. The van der Waals surface area contributed by atoms with Crippen LogP contribution in [0.3, 0.4) is 0 Å². The van der Waals surface area contributed by atoms with Gasteiger partial charge in [0.05, 0.1) is 6.54 Å². The summed E-state index contributed by atoms with van der Waals surface area (Å²) in [7, 11) is 0. The van der Waals surface area contributed by atoms with Crippen LogP contribution in [0.5, 0.6) is 0 Å². The van der Waals surface area contributed by atoms with E-state index in [1.165, 1.54) is 68.9 Å². The van der Waals surface area contributed by atoms with E-state index in [2.05, 4.69) is 70.4 Å². The Balaban J connectivity index is 1.39. The summed E-state index contributed by atoms with van der Waals surface area (Å²) in [5, 5.41) is 3.08. The molecule has 1 aliphatic rings. The Hall–Kier alpha value is -2.23. The molecule has 30 heavy (non-hydrogen) atoms. The van der Waals surface area contributed by atoms with E-state index in [1.807, 2.05) is 0 Å². The van der Waals surface area contributed by atoms with Gasteiger partial charge in [-0.25, -0.2) is 9.13 Å². The number of amides is 1. The minimum absolute atomic E-state index is 0.210. The van der Waals surface area contributed by atoms with Crippen molar-refractivity contribution in [3.05, 3.63) is 49.1 Å². The normalized spacial score (nSPS) is 14.2. The molecule has 1 amide bonds. The van der Waals surface area contributed by atoms with Gasteiger partial charge < -0.3 is 5.32 Å². The first kappa shape index (κ1) is 22.5. The predicted octanol–water partition coefficient (Wildman–Crippen LogP) is 4.60. The second-order valence-electron chi connectivity index (χ2n) is 8.77. The van der Waals surface area contributed by atoms with Crippen molar-refractivity contribution in [2.75, 3.05) is 6.54 Å². The van der Waals surface area contributed by atoms with Gasteiger partial charge in [-0.1, -0.05) is 39.0 Å². The third-order valence-electron chi connectivity index (χ3n) is 6.28. The van der Waals surface area contributed by atoms with Gasteiger partial charge in [-0.15, -0.1) is 0 Å². The van der Waals surface area contributed by atoms with Crippen molar-refractivity contribution in [2.45, 2.75) is 84.2 Å². The second-order valence-corrected chi connectivity index (χ2v) is 8.77. The van der Waals surface area contributed by atoms with Crippen LogP contribution < -0.4 is 14.5 Å². The molecule has 3 rings (SSSR count). The summed E-state index contributed by atoms with van der Waals surface area (Å²) in [4.78, 5) is 12.0. The molecule has 162 valence electrons. The number of pyridine rings is 2. The molecule has 0 radical (unpaired) electrons. The summed E-state index contributed by atoms with van der Waals surface area (Å²) in [6.45, 7) is 4.86. The van der Waals surface area contributed by atoms with Crippen LogP contribution in [0.25, 0.3) is 11.1 Å². The van der Waals surface area contributed by atoms with Crippen molar-refractivity contribution in [1.82, 2.24) is 5.32 Å². The Morgan fingerprint density at radius 3 is 2.03 bits per heavy atom. The van der Waals surface area contributed by atoms with E-state index in [1.54, 1.807) is 0 Å². The number of nitrogens with one attached hydrogen (secondary N) is 1. The lowest BCUT2D eigenvalue weighted by atomic mass is 10.0. The van der Waals surface area contributed by atoms with Crippen molar-refractivity contribution in [2.24, 2.45) is 5.92 Å². The Labute approximate surface area is 182 Å². The molecule has 2 aromatic rings. The van der Waals surface area contributed by atoms with Gasteiger partial charge in [-0.3, -0.25) is 4.79 Å². The standard InChI is InChI=1S/C26H38N3O/c1-2-3-4-5-8-16-28-17-11-24(12-18-28)25-13-19-29(20-14-25)21-15-27-26(30)22-23-9-6-7-10-23/h11-14,17-20,23H,2-10,15-16,21-22H2,1H3/q+1/p+1. The molecule has 0 spiro atoms. The number of unbranched alkanes of at least 4 members (excludes halogenated alkanes) is 4. The van der Waals surface area contributed by atoms with E-state index in [4.69, 9.17) is 0 Å². The van der Waals surface area contributed by atoms with E-state index in [0.717, 1.165) is 13.1 Å². The van der Waals surface area contributed by atoms with Gasteiger partial charge in [0.15, 0.2) is 31.3 Å². The van der Waals surface area contributed by atoms with Gasteiger partial charge in [0.25, 0.3) is 0 Å². The third-order valence-corrected chi connectivity index (χ3v) is 6.28. The molecule has 2 aromatic heterocycles. The molecule has 4 nitrogen and oxygen atoms in total. The number of carbonyl (C=O) groups excluding carboxylic acids is 1. The lowest BCUT2D eigenvalue weighted by molar-refractivity contribution is -0.697. The quantitative estimate of drug-likeness (QED) is 0.404. The van der Waals surface area contributed by atoms with Gasteiger partial charge in [0.1, 0.15) is 6.54 Å². The van der Waals surface area contributed by atoms with Crippen molar-refractivity contribution in [3.8, 4) is 11.1 Å². The van der Waals surface area contributed by atoms with Crippen molar-refractivity contribution in [1.29, 1.82) is 0 Å². The molecule has 0 unspecified atom stereocenters. The van der Waals surface area contributed by atoms with E-state index < -0.39 is 0 Å². The monoisotopic (exact) mass is 409 g/mol. The third kappa shape index (κ3) is 7.55. The molecule has 0 aliphatic heterocycles. The molecule has 4 heteroatoms. The second kappa shape index (κ2) is 12.5. The zero-order valence-corrected chi connectivity index (χ0v) is 18.7. The Morgan fingerprint density at radius 1 is 0.867 bits per heavy atom. The number of hydrogen-bond acceptors (Lipinski definition) is 1. The lowest BCUT2D eigenvalue weighted by Gasteiger charge is -2.08. The smallest absolute Gasteiger partial charge is 0.220 e. The van der Waals surface area contributed by atoms with Crippen LogP contribution >= 0.6 is 0 Å². The predicted molar refractivity (Wildman–Crippen MR) is 121 cm³/mol. The molecule has 2 heterocycles. The number of rotatable bonds is 12. The number of aryl methyl sites for hydroxylation is 1. The Kier molecular flexibility index (Phi) is 9.33. The van der Waals surface area contributed by atoms with Gasteiger partial charge in [0, 0.05) is 37.1 Å². The maximum Gasteiger partial charge on any atom is 0.220 e. The van der Waals surface area contributed by atoms with Crippen LogP contribution in [-0.4, -0.2) is 12.5 Å². The van der Waals surface area contributed by atoms with Crippen LogP contribution in [0.1, 0.15) is 71.1 Å². The van der Waals surface area contributed by atoms with Crippen LogP contribution in [-0.2, 0) is 17.9 Å². The van der Waals surface area contributed by atoms with E-state index in [9.17, 15) is 4.79 Å². The molecule has 1 N–H and O–H groups in total. The fraction of sp³-hybridized carbons (Fsp3) is 0.577. The summed E-state index contributed by atoms with van der Waals surface area (Å²) < 4.78 is 4.42. The van der Waals surface area contributed by atoms with E-state index in [-0.39, 0.29) is 5.91 Å². The zero-order valence-electron chi connectivity index (χ0n) is 18.7. The fourth-order valence-electron chi connectivity index (χ4n) is 4.37. The molecule has 0 bridgehead atoms. The Morgan fingerprint density at radius 2 is 1.43 bits per heavy atom. The molecular weight excluding hydrogens is 370 g/mol. The first-order valence-electron chi connectivity index (χ1n) is 12.0. The first-order chi connectivity index (χ1) is 14.7. The lowest BCUT2D eigenvalue weighted by Crippen LogP contribution is -2.40. The molecular formula is C26H39N3O+2. The SMILES string of the molecule is CCCCCCC[n+]1ccc(-c2cc[n+](CCNC(=O)CC3CCCC3)cc2)cc1. The highest BCUT2D eigenvalue weighted by atomic mass is 16.1. The molecule has 1 saturated carbocycles. The number of carbonyl (C=O) groups is 1. The van der Waals surface area contributed by atoms with E-state index in [0.29, 0.717) is 18.9 Å². The number of hydrogen-bond donors (Lipinski definition) is 1. The highest BCUT2D eigenvalue weighted by Gasteiger charge is 2.18. The van der Waals surface area contributed by atoms with Gasteiger partial charge >= 0.3 is 0 Å². The van der Waals surface area contributed by atoms with Gasteiger partial charge in [-0.05, 0) is 36.3 Å². The Bertz CT molecular complexity index is 749. The topological polar surface area (TPSA) is 36.9 Å². The molecule has 1 aliphatic carbocycles. The summed E-state index contributed by atoms with van der Waals surface area (Å²) in [6.07, 6.45) is 20.9. The van der Waals surface area contributed by atoms with Gasteiger partial charge in [0.2, 0.25) is 5.91 Å². The largest absolute Gasteiger partial charge is 0.350 e. The summed E-state index contributed by atoms with van der Waals surface area (Å²) in [5.74, 6) is 0.824. The van der Waals surface area contributed by atoms with Crippen LogP contribution in [0, 0.1) is 5.92 Å². The maximum absolute atomic E-state index is 12.0. The fourth-order valence-corrected chi connectivity index (χ4v) is 4.37. The van der Waals surface area contributed by atoms with Crippen LogP contribution in [0.4, 0.5) is 0 Å². The number of nitrogens with zero attached hydrogens (tertiary/aromatic N) is 2.